The van der Waals surface area contributed by atoms with E-state index >= 15 is 0 Å². The van der Waals surface area contributed by atoms with Gasteiger partial charge in [0, 0.05) is 5.56 Å². The third-order valence-electron chi connectivity index (χ3n) is 5.83. The lowest BCUT2D eigenvalue weighted by Crippen LogP contribution is -3.28. The van der Waals surface area contributed by atoms with Gasteiger partial charge in [-0.25, -0.2) is 0 Å². The largest absolute Gasteiger partial charge is 0.333 e. The van der Waals surface area contributed by atoms with Gasteiger partial charge in [0.05, 0.1) is 6.07 Å². The number of amides is 1. The number of aryl methyl sites for hydroxylation is 1. The van der Waals surface area contributed by atoms with E-state index in [1.807, 2.05) is 0 Å². The van der Waals surface area contributed by atoms with Gasteiger partial charge in [-0.05, 0) is 38.2 Å². The Bertz CT molecular complexity index is 637. The van der Waals surface area contributed by atoms with Crippen molar-refractivity contribution >= 4 is 5.91 Å². The Hall–Kier alpha value is -1.90. The standard InChI is InChI=1S/C20H28N4O/c1-17-6-2-3-7-18(17)14-23-10-12-24(13-11-23)15-19(25)22-20(16-21)8-4-5-9-20/h2-3,6-7H,4-5,8-15H2,1H3,(H,22,25)/p+2. The van der Waals surface area contributed by atoms with Crippen LogP contribution in [0.5, 0.6) is 0 Å². The molecule has 3 rings (SSSR count). The average molecular weight is 342 g/mol. The normalized spacial score (nSPS) is 25.3. The minimum absolute atomic E-state index is 0.0424. The van der Waals surface area contributed by atoms with Gasteiger partial charge in [0.1, 0.15) is 38.3 Å². The molecule has 0 bridgehead atoms. The molecule has 5 nitrogen and oxygen atoms in total. The maximum atomic E-state index is 12.4. The fourth-order valence-electron chi connectivity index (χ4n) is 4.17. The van der Waals surface area contributed by atoms with Crippen LogP contribution in [0.1, 0.15) is 36.8 Å². The summed E-state index contributed by atoms with van der Waals surface area (Å²) < 4.78 is 0. The molecule has 3 N–H and O–H groups in total. The van der Waals surface area contributed by atoms with E-state index in [1.54, 1.807) is 4.90 Å². The van der Waals surface area contributed by atoms with E-state index in [0.29, 0.717) is 6.54 Å². The first-order valence-electron chi connectivity index (χ1n) is 9.54. The van der Waals surface area contributed by atoms with Crippen molar-refractivity contribution in [1.82, 2.24) is 5.32 Å². The van der Waals surface area contributed by atoms with Crippen LogP contribution in [0.4, 0.5) is 0 Å². The summed E-state index contributed by atoms with van der Waals surface area (Å²) in [6.07, 6.45) is 3.70. The predicted octanol–water partition coefficient (Wildman–Crippen LogP) is -0.769. The summed E-state index contributed by atoms with van der Waals surface area (Å²) in [5.41, 5.74) is 2.20. The molecular weight excluding hydrogens is 312 g/mol. The van der Waals surface area contributed by atoms with E-state index in [1.165, 1.54) is 16.0 Å². The molecule has 1 saturated carbocycles. The van der Waals surface area contributed by atoms with E-state index in [0.717, 1.165) is 58.4 Å². The van der Waals surface area contributed by atoms with E-state index in [-0.39, 0.29) is 5.91 Å². The van der Waals surface area contributed by atoms with Crippen molar-refractivity contribution in [2.24, 2.45) is 0 Å². The SMILES string of the molecule is Cc1ccccc1C[NH+]1CC[NH+](CC(=O)NC2(C#N)CCCC2)CC1. The summed E-state index contributed by atoms with van der Waals surface area (Å²) in [5, 5.41) is 12.4. The minimum Gasteiger partial charge on any atom is -0.333 e. The predicted molar refractivity (Wildman–Crippen MR) is 96.1 cm³/mol. The summed E-state index contributed by atoms with van der Waals surface area (Å²) in [6, 6.07) is 10.9. The number of nitrogens with zero attached hydrogens (tertiary/aromatic N) is 1. The molecule has 0 atom stereocenters. The van der Waals surface area contributed by atoms with E-state index in [4.69, 9.17) is 0 Å². The van der Waals surface area contributed by atoms with Crippen LogP contribution in [-0.2, 0) is 11.3 Å². The zero-order chi connectivity index (χ0) is 17.7. The average Bonchev–Trinajstić information content (AvgIpc) is 3.07. The van der Waals surface area contributed by atoms with Gasteiger partial charge in [0.25, 0.3) is 5.91 Å². The van der Waals surface area contributed by atoms with Gasteiger partial charge in [-0.15, -0.1) is 0 Å². The van der Waals surface area contributed by atoms with Crippen LogP contribution in [0.2, 0.25) is 0 Å². The first-order valence-corrected chi connectivity index (χ1v) is 9.54. The molecule has 0 spiro atoms. The summed E-state index contributed by atoms with van der Waals surface area (Å²) in [4.78, 5) is 15.3. The Kier molecular flexibility index (Phi) is 5.72. The number of hydrogen-bond acceptors (Lipinski definition) is 2. The fourth-order valence-corrected chi connectivity index (χ4v) is 4.17. The lowest BCUT2D eigenvalue weighted by atomic mass is 10.00. The Morgan fingerprint density at radius 1 is 1.16 bits per heavy atom. The lowest BCUT2D eigenvalue weighted by molar-refractivity contribution is -1.02. The van der Waals surface area contributed by atoms with Crippen molar-refractivity contribution in [1.29, 1.82) is 5.26 Å². The van der Waals surface area contributed by atoms with Crippen molar-refractivity contribution in [3.8, 4) is 6.07 Å². The number of nitrogens with one attached hydrogen (secondary N) is 3. The maximum Gasteiger partial charge on any atom is 0.276 e. The molecule has 1 heterocycles. The van der Waals surface area contributed by atoms with Gasteiger partial charge in [-0.3, -0.25) is 4.79 Å². The molecule has 0 aromatic heterocycles. The van der Waals surface area contributed by atoms with Crippen LogP contribution < -0.4 is 15.1 Å². The minimum atomic E-state index is -0.589. The first kappa shape index (κ1) is 17.9. The number of benzene rings is 1. The molecule has 1 aromatic carbocycles. The number of quaternary nitrogens is 2. The molecule has 1 aromatic rings. The summed E-state index contributed by atoms with van der Waals surface area (Å²) in [5.74, 6) is 0.0424. The molecule has 1 aliphatic carbocycles. The van der Waals surface area contributed by atoms with E-state index in [9.17, 15) is 10.1 Å². The Labute approximate surface area is 150 Å². The third-order valence-corrected chi connectivity index (χ3v) is 5.83. The monoisotopic (exact) mass is 342 g/mol. The van der Waals surface area contributed by atoms with Gasteiger partial charge in [0.2, 0.25) is 0 Å². The van der Waals surface area contributed by atoms with Crippen molar-refractivity contribution in [2.75, 3.05) is 32.7 Å². The number of nitriles is 1. The molecular formula is C20H30N4O+2. The van der Waals surface area contributed by atoms with Crippen LogP contribution in [0.3, 0.4) is 0 Å². The molecule has 5 heteroatoms. The lowest BCUT2D eigenvalue weighted by Gasteiger charge is -2.30. The zero-order valence-corrected chi connectivity index (χ0v) is 15.2. The molecule has 0 unspecified atom stereocenters. The highest BCUT2D eigenvalue weighted by atomic mass is 16.2. The van der Waals surface area contributed by atoms with Gasteiger partial charge in [-0.1, -0.05) is 24.3 Å². The van der Waals surface area contributed by atoms with Gasteiger partial charge < -0.3 is 15.1 Å². The van der Waals surface area contributed by atoms with Gasteiger partial charge in [-0.2, -0.15) is 5.26 Å². The van der Waals surface area contributed by atoms with E-state index < -0.39 is 5.54 Å². The maximum absolute atomic E-state index is 12.4. The van der Waals surface area contributed by atoms with Crippen LogP contribution >= 0.6 is 0 Å². The summed E-state index contributed by atoms with van der Waals surface area (Å²) >= 11 is 0. The highest BCUT2D eigenvalue weighted by Gasteiger charge is 2.36. The Morgan fingerprint density at radius 2 is 1.80 bits per heavy atom. The van der Waals surface area contributed by atoms with Crippen LogP contribution in [0.25, 0.3) is 0 Å². The molecule has 1 aliphatic heterocycles. The quantitative estimate of drug-likeness (QED) is 0.658. The second-order valence-corrected chi connectivity index (χ2v) is 7.73. The Morgan fingerprint density at radius 3 is 2.44 bits per heavy atom. The highest BCUT2D eigenvalue weighted by molar-refractivity contribution is 5.78. The van der Waals surface area contributed by atoms with Crippen molar-refractivity contribution in [3.05, 3.63) is 35.4 Å². The third kappa shape index (κ3) is 4.59. The van der Waals surface area contributed by atoms with Crippen molar-refractivity contribution < 1.29 is 14.6 Å². The second-order valence-electron chi connectivity index (χ2n) is 7.73. The number of hydrogen-bond donors (Lipinski definition) is 3. The summed E-state index contributed by atoms with van der Waals surface area (Å²) in [6.45, 7) is 7.99. The van der Waals surface area contributed by atoms with Gasteiger partial charge >= 0.3 is 0 Å². The zero-order valence-electron chi connectivity index (χ0n) is 15.2. The fraction of sp³-hybridized carbons (Fsp3) is 0.600. The summed E-state index contributed by atoms with van der Waals surface area (Å²) in [7, 11) is 0. The molecule has 25 heavy (non-hydrogen) atoms. The van der Waals surface area contributed by atoms with Crippen molar-refractivity contribution in [3.63, 3.8) is 0 Å². The Balaban J connectivity index is 1.44. The molecule has 134 valence electrons. The second kappa shape index (κ2) is 7.99. The molecule has 2 aliphatic rings. The van der Waals surface area contributed by atoms with Crippen LogP contribution in [0, 0.1) is 18.3 Å². The molecule has 1 amide bonds. The topological polar surface area (TPSA) is 61.8 Å². The van der Waals surface area contributed by atoms with Gasteiger partial charge in [0.15, 0.2) is 6.54 Å². The first-order chi connectivity index (χ1) is 12.1. The van der Waals surface area contributed by atoms with Crippen molar-refractivity contribution in [2.45, 2.75) is 44.7 Å². The van der Waals surface area contributed by atoms with E-state index in [2.05, 4.69) is 42.6 Å². The number of rotatable bonds is 5. The molecule has 1 saturated heterocycles. The molecule has 0 radical (unpaired) electrons. The number of piperazine rings is 1. The van der Waals surface area contributed by atoms with Crippen LogP contribution in [0.15, 0.2) is 24.3 Å². The smallest absolute Gasteiger partial charge is 0.276 e. The molecule has 2 fully saturated rings. The number of carbonyl (C=O) groups excluding carboxylic acids is 1. The van der Waals surface area contributed by atoms with Crippen LogP contribution in [-0.4, -0.2) is 44.2 Å². The highest BCUT2D eigenvalue weighted by Crippen LogP contribution is 2.28. The number of carbonyl (C=O) groups is 1.